The van der Waals surface area contributed by atoms with Crippen molar-refractivity contribution >= 4 is 5.91 Å². The Labute approximate surface area is 170 Å². The molecular weight excluding hydrogens is 367 g/mol. The van der Waals surface area contributed by atoms with Crippen LogP contribution < -0.4 is 10.9 Å². The van der Waals surface area contributed by atoms with E-state index in [0.717, 1.165) is 35.1 Å². The van der Waals surface area contributed by atoms with Crippen molar-refractivity contribution < 1.29 is 9.18 Å². The van der Waals surface area contributed by atoms with E-state index in [1.165, 1.54) is 12.1 Å². The second kappa shape index (κ2) is 9.32. The summed E-state index contributed by atoms with van der Waals surface area (Å²) in [7, 11) is 0. The van der Waals surface area contributed by atoms with Crippen LogP contribution in [0.5, 0.6) is 0 Å². The number of nitrogens with one attached hydrogen (secondary N) is 1. The zero-order valence-corrected chi connectivity index (χ0v) is 16.7. The molecule has 0 saturated carbocycles. The summed E-state index contributed by atoms with van der Waals surface area (Å²) in [6.45, 7) is 4.86. The van der Waals surface area contributed by atoms with Crippen LogP contribution >= 0.6 is 0 Å². The quantitative estimate of drug-likeness (QED) is 0.634. The number of rotatable bonds is 7. The first-order valence-corrected chi connectivity index (χ1v) is 9.82. The van der Waals surface area contributed by atoms with Crippen LogP contribution in [0.4, 0.5) is 4.39 Å². The predicted molar refractivity (Wildman–Crippen MR) is 113 cm³/mol. The van der Waals surface area contributed by atoms with Crippen molar-refractivity contribution in [3.05, 3.63) is 93.7 Å². The number of hydrogen-bond acceptors (Lipinski definition) is 2. The third-order valence-corrected chi connectivity index (χ3v) is 4.83. The van der Waals surface area contributed by atoms with Crippen LogP contribution in [0.25, 0.3) is 11.1 Å². The number of carbonyl (C=O) groups excluding carboxylic acids is 1. The molecule has 0 aliphatic rings. The van der Waals surface area contributed by atoms with E-state index in [1.54, 1.807) is 22.8 Å². The fourth-order valence-electron chi connectivity index (χ4n) is 3.08. The summed E-state index contributed by atoms with van der Waals surface area (Å²) in [6, 6.07) is 15.5. The van der Waals surface area contributed by atoms with Gasteiger partial charge < -0.3 is 9.88 Å². The van der Waals surface area contributed by atoms with E-state index >= 15 is 0 Å². The Morgan fingerprint density at radius 2 is 1.72 bits per heavy atom. The van der Waals surface area contributed by atoms with Gasteiger partial charge in [-0.2, -0.15) is 0 Å². The van der Waals surface area contributed by atoms with Crippen molar-refractivity contribution in [1.29, 1.82) is 0 Å². The van der Waals surface area contributed by atoms with Crippen molar-refractivity contribution in [2.75, 3.05) is 0 Å². The van der Waals surface area contributed by atoms with Gasteiger partial charge in [-0.25, -0.2) is 4.39 Å². The molecule has 4 nitrogen and oxygen atoms in total. The first-order valence-electron chi connectivity index (χ1n) is 9.82. The largest absolute Gasteiger partial charge is 0.348 e. The Hall–Kier alpha value is -3.21. The minimum absolute atomic E-state index is 0.112. The highest BCUT2D eigenvalue weighted by atomic mass is 19.1. The third-order valence-electron chi connectivity index (χ3n) is 4.83. The summed E-state index contributed by atoms with van der Waals surface area (Å²) < 4.78 is 14.7. The average molecular weight is 392 g/mol. The lowest BCUT2D eigenvalue weighted by Gasteiger charge is -2.12. The molecule has 0 radical (unpaired) electrons. The van der Waals surface area contributed by atoms with Gasteiger partial charge in [0.2, 0.25) is 0 Å². The molecular formula is C24H25FN2O2. The van der Waals surface area contributed by atoms with E-state index in [4.69, 9.17) is 0 Å². The molecule has 0 aliphatic carbocycles. The van der Waals surface area contributed by atoms with E-state index in [2.05, 4.69) is 12.2 Å². The van der Waals surface area contributed by atoms with Crippen LogP contribution in [0.2, 0.25) is 0 Å². The van der Waals surface area contributed by atoms with Gasteiger partial charge >= 0.3 is 0 Å². The standard InChI is InChI=1S/C24H25FN2O2/c1-3-4-13-27-16-20(19-9-5-17(2)6-10-19)14-22(24(27)29)23(28)26-15-18-7-11-21(25)12-8-18/h5-12,14,16H,3-4,13,15H2,1-2H3,(H,26,28). The molecule has 3 rings (SSSR count). The Bertz CT molecular complexity index is 1040. The Morgan fingerprint density at radius 3 is 2.38 bits per heavy atom. The number of aryl methyl sites for hydroxylation is 2. The number of amides is 1. The molecule has 0 atom stereocenters. The summed E-state index contributed by atoms with van der Waals surface area (Å²) in [4.78, 5) is 25.6. The second-order valence-electron chi connectivity index (χ2n) is 7.17. The first kappa shape index (κ1) is 20.5. The maximum absolute atomic E-state index is 13.0. The summed E-state index contributed by atoms with van der Waals surface area (Å²) in [5.41, 5.74) is 3.50. The van der Waals surface area contributed by atoms with Gasteiger partial charge in [0.25, 0.3) is 11.5 Å². The molecule has 1 N–H and O–H groups in total. The van der Waals surface area contributed by atoms with Crippen LogP contribution in [0, 0.1) is 12.7 Å². The lowest BCUT2D eigenvalue weighted by atomic mass is 10.0. The van der Waals surface area contributed by atoms with Crippen molar-refractivity contribution in [2.45, 2.75) is 39.8 Å². The molecule has 0 fully saturated rings. The number of benzene rings is 2. The van der Waals surface area contributed by atoms with Crippen LogP contribution in [0.15, 0.2) is 65.6 Å². The van der Waals surface area contributed by atoms with E-state index in [1.807, 2.05) is 37.4 Å². The molecule has 0 saturated heterocycles. The topological polar surface area (TPSA) is 51.1 Å². The van der Waals surface area contributed by atoms with Crippen LogP contribution in [-0.4, -0.2) is 10.5 Å². The molecule has 1 heterocycles. The number of hydrogen-bond donors (Lipinski definition) is 1. The van der Waals surface area contributed by atoms with Crippen molar-refractivity contribution in [3.8, 4) is 11.1 Å². The molecule has 0 bridgehead atoms. The van der Waals surface area contributed by atoms with E-state index < -0.39 is 5.91 Å². The molecule has 1 aromatic heterocycles. The smallest absolute Gasteiger partial charge is 0.263 e. The molecule has 0 aliphatic heterocycles. The second-order valence-corrected chi connectivity index (χ2v) is 7.17. The number of halogens is 1. The first-order chi connectivity index (χ1) is 14.0. The van der Waals surface area contributed by atoms with Crippen LogP contribution in [-0.2, 0) is 13.1 Å². The summed E-state index contributed by atoms with van der Waals surface area (Å²) in [6.07, 6.45) is 3.63. The minimum Gasteiger partial charge on any atom is -0.348 e. The maximum Gasteiger partial charge on any atom is 0.263 e. The average Bonchev–Trinajstić information content (AvgIpc) is 2.73. The number of aromatic nitrogens is 1. The van der Waals surface area contributed by atoms with E-state index in [0.29, 0.717) is 6.54 Å². The zero-order valence-electron chi connectivity index (χ0n) is 16.7. The normalized spacial score (nSPS) is 10.7. The van der Waals surface area contributed by atoms with Crippen molar-refractivity contribution in [1.82, 2.24) is 9.88 Å². The molecule has 2 aromatic carbocycles. The fraction of sp³-hybridized carbons (Fsp3) is 0.250. The van der Waals surface area contributed by atoms with Crippen molar-refractivity contribution in [3.63, 3.8) is 0 Å². The van der Waals surface area contributed by atoms with Gasteiger partial charge in [-0.1, -0.05) is 55.3 Å². The SMILES string of the molecule is CCCCn1cc(-c2ccc(C)cc2)cc(C(=O)NCc2ccc(F)cc2)c1=O. The van der Waals surface area contributed by atoms with Gasteiger partial charge in [-0.05, 0) is 48.2 Å². The maximum atomic E-state index is 13.0. The minimum atomic E-state index is -0.432. The van der Waals surface area contributed by atoms with Crippen LogP contribution in [0.3, 0.4) is 0 Å². The van der Waals surface area contributed by atoms with Gasteiger partial charge in [0.05, 0.1) is 0 Å². The summed E-state index contributed by atoms with van der Waals surface area (Å²) >= 11 is 0. The lowest BCUT2D eigenvalue weighted by molar-refractivity contribution is 0.0949. The van der Waals surface area contributed by atoms with Crippen LogP contribution in [0.1, 0.15) is 41.3 Å². The Balaban J connectivity index is 1.91. The van der Waals surface area contributed by atoms with Gasteiger partial charge in [-0.15, -0.1) is 0 Å². The summed E-state index contributed by atoms with van der Waals surface area (Å²) in [5.74, 6) is -0.761. The highest BCUT2D eigenvalue weighted by molar-refractivity contribution is 5.95. The molecule has 29 heavy (non-hydrogen) atoms. The summed E-state index contributed by atoms with van der Waals surface area (Å²) in [5, 5.41) is 2.77. The number of pyridine rings is 1. The van der Waals surface area contributed by atoms with E-state index in [9.17, 15) is 14.0 Å². The van der Waals surface area contributed by atoms with E-state index in [-0.39, 0.29) is 23.5 Å². The monoisotopic (exact) mass is 392 g/mol. The molecule has 0 unspecified atom stereocenters. The molecule has 150 valence electrons. The number of unbranched alkanes of at least 4 members (excludes halogenated alkanes) is 1. The van der Waals surface area contributed by atoms with Gasteiger partial charge in [0.15, 0.2) is 0 Å². The predicted octanol–water partition coefficient (Wildman–Crippen LogP) is 4.69. The number of carbonyl (C=O) groups is 1. The highest BCUT2D eigenvalue weighted by Crippen LogP contribution is 2.20. The Morgan fingerprint density at radius 1 is 1.03 bits per heavy atom. The van der Waals surface area contributed by atoms with Gasteiger partial charge in [0, 0.05) is 19.3 Å². The molecule has 0 spiro atoms. The zero-order chi connectivity index (χ0) is 20.8. The van der Waals surface area contributed by atoms with Gasteiger partial charge in [-0.3, -0.25) is 9.59 Å². The third kappa shape index (κ3) is 5.19. The molecule has 1 amide bonds. The lowest BCUT2D eigenvalue weighted by Crippen LogP contribution is -2.33. The highest BCUT2D eigenvalue weighted by Gasteiger charge is 2.15. The molecule has 3 aromatic rings. The van der Waals surface area contributed by atoms with Gasteiger partial charge in [0.1, 0.15) is 11.4 Å². The number of nitrogens with zero attached hydrogens (tertiary/aromatic N) is 1. The van der Waals surface area contributed by atoms with Crippen molar-refractivity contribution in [2.24, 2.45) is 0 Å². The fourth-order valence-corrected chi connectivity index (χ4v) is 3.08. The Kier molecular flexibility index (Phi) is 6.60. The molecule has 5 heteroatoms.